The average Bonchev–Trinajstić information content (AvgIpc) is 2.76. The van der Waals surface area contributed by atoms with Crippen LogP contribution in [0.2, 0.25) is 0 Å². The van der Waals surface area contributed by atoms with Crippen LogP contribution in [0, 0.1) is 13.8 Å². The van der Waals surface area contributed by atoms with E-state index < -0.39 is 6.29 Å². The zero-order valence-corrected chi connectivity index (χ0v) is 19.1. The van der Waals surface area contributed by atoms with E-state index in [0.717, 1.165) is 11.4 Å². The maximum absolute atomic E-state index is 12.6. The van der Waals surface area contributed by atoms with E-state index in [1.54, 1.807) is 23.9 Å². The Labute approximate surface area is 187 Å². The summed E-state index contributed by atoms with van der Waals surface area (Å²) in [5, 5.41) is 8.96. The van der Waals surface area contributed by atoms with Gasteiger partial charge in [0.2, 0.25) is 5.91 Å². The van der Waals surface area contributed by atoms with Gasteiger partial charge in [0, 0.05) is 31.3 Å². The molecule has 1 aliphatic rings. The molecular formula is C23H29N3O4S. The van der Waals surface area contributed by atoms with Gasteiger partial charge < -0.3 is 25.4 Å². The molecule has 2 amide bonds. The second-order valence-corrected chi connectivity index (χ2v) is 8.53. The lowest BCUT2D eigenvalue weighted by Crippen LogP contribution is -2.41. The normalized spacial score (nSPS) is 15.3. The molecule has 0 radical (unpaired) electrons. The van der Waals surface area contributed by atoms with Gasteiger partial charge in [0.25, 0.3) is 5.91 Å². The van der Waals surface area contributed by atoms with Crippen LogP contribution in [0.25, 0.3) is 0 Å². The molecule has 0 fully saturated rings. The minimum Gasteiger partial charge on any atom is -0.371 e. The van der Waals surface area contributed by atoms with E-state index in [-0.39, 0.29) is 24.4 Å². The molecule has 1 heterocycles. The molecule has 0 saturated carbocycles. The predicted octanol–water partition coefficient (Wildman–Crippen LogP) is 3.32. The highest BCUT2D eigenvalue weighted by atomic mass is 32.2. The van der Waals surface area contributed by atoms with E-state index in [4.69, 9.17) is 9.47 Å². The fraction of sp³-hybridized carbons (Fsp3) is 0.391. The fourth-order valence-electron chi connectivity index (χ4n) is 3.29. The van der Waals surface area contributed by atoms with Crippen molar-refractivity contribution in [3.05, 3.63) is 58.7 Å². The lowest BCUT2D eigenvalue weighted by atomic mass is 10.1. The first-order valence-electron chi connectivity index (χ1n) is 10.1. The molecule has 31 heavy (non-hydrogen) atoms. The zero-order valence-electron chi connectivity index (χ0n) is 18.3. The van der Waals surface area contributed by atoms with Crippen molar-refractivity contribution in [1.82, 2.24) is 5.32 Å². The number of nitrogens with one attached hydrogen (secondary N) is 3. The highest BCUT2D eigenvalue weighted by Gasteiger charge is 2.26. The van der Waals surface area contributed by atoms with Crippen LogP contribution in [0.1, 0.15) is 27.0 Å². The molecule has 0 saturated heterocycles. The van der Waals surface area contributed by atoms with E-state index in [1.165, 1.54) is 30.9 Å². The molecule has 1 aliphatic heterocycles. The molecule has 2 aromatic carbocycles. The third-order valence-corrected chi connectivity index (χ3v) is 6.27. The number of anilines is 2. The number of fused-ring (bicyclic) bond motifs is 1. The van der Waals surface area contributed by atoms with Crippen LogP contribution in [0.3, 0.4) is 0 Å². The van der Waals surface area contributed by atoms with Crippen molar-refractivity contribution in [2.24, 2.45) is 0 Å². The van der Waals surface area contributed by atoms with Crippen LogP contribution in [0.15, 0.2) is 36.4 Å². The third-order valence-electron chi connectivity index (χ3n) is 5.19. The van der Waals surface area contributed by atoms with Crippen LogP contribution in [-0.2, 0) is 20.0 Å². The first-order chi connectivity index (χ1) is 14.9. The van der Waals surface area contributed by atoms with Gasteiger partial charge in [-0.2, -0.15) is 11.8 Å². The van der Waals surface area contributed by atoms with Gasteiger partial charge in [-0.1, -0.05) is 23.8 Å². The number of rotatable bonds is 9. The maximum Gasteiger partial charge on any atom is 0.251 e. The van der Waals surface area contributed by atoms with Crippen molar-refractivity contribution in [2.75, 3.05) is 37.2 Å². The van der Waals surface area contributed by atoms with Crippen molar-refractivity contribution < 1.29 is 19.1 Å². The zero-order chi connectivity index (χ0) is 22.4. The van der Waals surface area contributed by atoms with Crippen LogP contribution < -0.4 is 16.0 Å². The number of carbonyl (C=O) groups is 2. The van der Waals surface area contributed by atoms with E-state index in [1.807, 2.05) is 6.07 Å². The monoisotopic (exact) mass is 443 g/mol. The Morgan fingerprint density at radius 2 is 1.90 bits per heavy atom. The predicted molar refractivity (Wildman–Crippen MR) is 125 cm³/mol. The standard InChI is InChI=1S/C23H29N3O4S/c1-14-5-6-15(2)17(9-14)12-31-13-20-23(28)26-19-10-16(7-8-18(19)25-20)22(27)24-11-21(29-3)30-4/h5-10,20-21,25H,11-13H2,1-4H3,(H,24,27)(H,26,28). The molecule has 3 rings (SSSR count). The quantitative estimate of drug-likeness (QED) is 0.516. The number of amides is 2. The molecule has 7 nitrogen and oxygen atoms in total. The summed E-state index contributed by atoms with van der Waals surface area (Å²) in [6, 6.07) is 11.3. The van der Waals surface area contributed by atoms with Gasteiger partial charge in [-0.3, -0.25) is 9.59 Å². The number of methoxy groups -OCH3 is 2. The molecule has 0 bridgehead atoms. The summed E-state index contributed by atoms with van der Waals surface area (Å²) in [5.74, 6) is 1.14. The van der Waals surface area contributed by atoms with E-state index in [9.17, 15) is 9.59 Å². The second kappa shape index (κ2) is 10.7. The smallest absolute Gasteiger partial charge is 0.251 e. The van der Waals surface area contributed by atoms with Crippen molar-refractivity contribution >= 4 is 35.0 Å². The van der Waals surface area contributed by atoms with Crippen LogP contribution in [0.5, 0.6) is 0 Å². The van der Waals surface area contributed by atoms with Gasteiger partial charge in [-0.15, -0.1) is 0 Å². The van der Waals surface area contributed by atoms with Gasteiger partial charge in [-0.05, 0) is 43.2 Å². The third kappa shape index (κ3) is 6.00. The lowest BCUT2D eigenvalue weighted by Gasteiger charge is -2.27. The summed E-state index contributed by atoms with van der Waals surface area (Å²) in [7, 11) is 3.02. The molecule has 8 heteroatoms. The number of ether oxygens (including phenoxy) is 2. The highest BCUT2D eigenvalue weighted by Crippen LogP contribution is 2.29. The Morgan fingerprint density at radius 3 is 2.65 bits per heavy atom. The highest BCUT2D eigenvalue weighted by molar-refractivity contribution is 7.98. The summed E-state index contributed by atoms with van der Waals surface area (Å²) in [5.41, 5.74) is 5.65. The van der Waals surface area contributed by atoms with Crippen molar-refractivity contribution in [1.29, 1.82) is 0 Å². The minimum atomic E-state index is -0.509. The Bertz CT molecular complexity index is 946. The summed E-state index contributed by atoms with van der Waals surface area (Å²) in [6.45, 7) is 4.42. The Kier molecular flexibility index (Phi) is 7.95. The number of hydrogen-bond acceptors (Lipinski definition) is 6. The van der Waals surface area contributed by atoms with Crippen molar-refractivity contribution in [3.8, 4) is 0 Å². The van der Waals surface area contributed by atoms with Crippen LogP contribution in [-0.4, -0.2) is 50.7 Å². The number of aryl methyl sites for hydroxylation is 2. The summed E-state index contributed by atoms with van der Waals surface area (Å²) < 4.78 is 10.1. The topological polar surface area (TPSA) is 88.7 Å². The molecule has 166 valence electrons. The fourth-order valence-corrected chi connectivity index (χ4v) is 4.41. The Morgan fingerprint density at radius 1 is 1.13 bits per heavy atom. The number of thioether (sulfide) groups is 1. The molecule has 2 aromatic rings. The van der Waals surface area contributed by atoms with Crippen molar-refractivity contribution in [3.63, 3.8) is 0 Å². The van der Waals surface area contributed by atoms with E-state index in [0.29, 0.717) is 17.0 Å². The maximum atomic E-state index is 12.6. The number of carbonyl (C=O) groups excluding carboxylic acids is 2. The van der Waals surface area contributed by atoms with Crippen LogP contribution in [0.4, 0.5) is 11.4 Å². The van der Waals surface area contributed by atoms with Crippen molar-refractivity contribution in [2.45, 2.75) is 31.9 Å². The largest absolute Gasteiger partial charge is 0.371 e. The Balaban J connectivity index is 1.57. The molecule has 1 atom stereocenters. The molecular weight excluding hydrogens is 414 g/mol. The van der Waals surface area contributed by atoms with Gasteiger partial charge in [-0.25, -0.2) is 0 Å². The number of hydrogen-bond donors (Lipinski definition) is 3. The summed E-state index contributed by atoms with van der Waals surface area (Å²) in [6.07, 6.45) is -0.509. The van der Waals surface area contributed by atoms with Gasteiger partial charge in [0.1, 0.15) is 6.04 Å². The molecule has 0 spiro atoms. The SMILES string of the molecule is COC(CNC(=O)c1ccc2c(c1)NC(=O)C(CSCc1cc(C)ccc1C)N2)OC. The minimum absolute atomic E-state index is 0.0997. The van der Waals surface area contributed by atoms with Gasteiger partial charge in [0.15, 0.2) is 6.29 Å². The molecule has 1 unspecified atom stereocenters. The first kappa shape index (κ1) is 23.1. The lowest BCUT2D eigenvalue weighted by molar-refractivity contribution is -0.116. The van der Waals surface area contributed by atoms with Crippen LogP contribution >= 0.6 is 11.8 Å². The summed E-state index contributed by atoms with van der Waals surface area (Å²) in [4.78, 5) is 25.0. The average molecular weight is 444 g/mol. The second-order valence-electron chi connectivity index (χ2n) is 7.50. The Hall–Kier alpha value is -2.55. The van der Waals surface area contributed by atoms with E-state index in [2.05, 4.69) is 48.0 Å². The molecule has 3 N–H and O–H groups in total. The summed E-state index contributed by atoms with van der Waals surface area (Å²) >= 11 is 1.72. The van der Waals surface area contributed by atoms with E-state index >= 15 is 0 Å². The molecule has 0 aromatic heterocycles. The number of benzene rings is 2. The van der Waals surface area contributed by atoms with Gasteiger partial charge >= 0.3 is 0 Å². The van der Waals surface area contributed by atoms with Gasteiger partial charge in [0.05, 0.1) is 17.9 Å². The first-order valence-corrected chi connectivity index (χ1v) is 11.3. The molecule has 0 aliphatic carbocycles.